The van der Waals surface area contributed by atoms with Gasteiger partial charge in [-0.1, -0.05) is 0 Å². The third-order valence-electron chi connectivity index (χ3n) is 3.62. The number of rotatable bonds is 2. The van der Waals surface area contributed by atoms with Crippen LogP contribution in [0.5, 0.6) is 0 Å². The van der Waals surface area contributed by atoms with Gasteiger partial charge in [0, 0.05) is 36.3 Å². The quantitative estimate of drug-likeness (QED) is 0.767. The second-order valence-electron chi connectivity index (χ2n) is 4.77. The van der Waals surface area contributed by atoms with E-state index in [4.69, 9.17) is 5.26 Å². The minimum atomic E-state index is 0.113. The predicted molar refractivity (Wildman–Crippen MR) is 72.8 cm³/mol. The Hall–Kier alpha value is -2.41. The molecule has 1 aromatic heterocycles. The van der Waals surface area contributed by atoms with E-state index in [-0.39, 0.29) is 5.92 Å². The van der Waals surface area contributed by atoms with E-state index in [1.807, 2.05) is 18.2 Å². The molecule has 0 radical (unpaired) electrons. The van der Waals surface area contributed by atoms with Crippen molar-refractivity contribution in [3.05, 3.63) is 36.0 Å². The normalized spacial score (nSPS) is 18.5. The lowest BCUT2D eigenvalue weighted by atomic mass is 10.1. The number of carbonyl (C=O) groups excluding carboxylic acids is 1. The van der Waals surface area contributed by atoms with Crippen LogP contribution in [0, 0.1) is 17.2 Å². The van der Waals surface area contributed by atoms with Crippen molar-refractivity contribution in [1.29, 1.82) is 5.26 Å². The molecule has 1 unspecified atom stereocenters. The summed E-state index contributed by atoms with van der Waals surface area (Å²) < 4.78 is 0. The largest absolute Gasteiger partial charge is 0.370 e. The third-order valence-corrected chi connectivity index (χ3v) is 3.62. The molecule has 0 bridgehead atoms. The Kier molecular flexibility index (Phi) is 2.88. The summed E-state index contributed by atoms with van der Waals surface area (Å²) in [6.07, 6.45) is 3.63. The van der Waals surface area contributed by atoms with E-state index in [0.717, 1.165) is 42.4 Å². The van der Waals surface area contributed by atoms with E-state index >= 15 is 0 Å². The van der Waals surface area contributed by atoms with E-state index in [9.17, 15) is 4.79 Å². The molecule has 0 saturated carbocycles. The van der Waals surface area contributed by atoms with Gasteiger partial charge < -0.3 is 9.69 Å². The van der Waals surface area contributed by atoms with E-state index < -0.39 is 0 Å². The van der Waals surface area contributed by atoms with Crippen LogP contribution in [0.15, 0.2) is 30.5 Å². The van der Waals surface area contributed by atoms with Crippen molar-refractivity contribution >= 4 is 22.9 Å². The molecule has 1 aromatic carbocycles. The first-order valence-corrected chi connectivity index (χ1v) is 6.31. The van der Waals surface area contributed by atoms with Crippen molar-refractivity contribution in [3.63, 3.8) is 0 Å². The molecule has 4 nitrogen and oxygen atoms in total. The van der Waals surface area contributed by atoms with Gasteiger partial charge in [-0.05, 0) is 30.7 Å². The third kappa shape index (κ3) is 1.93. The molecule has 1 atom stereocenters. The van der Waals surface area contributed by atoms with E-state index in [1.165, 1.54) is 0 Å². The molecule has 1 aliphatic rings. The van der Waals surface area contributed by atoms with E-state index in [1.54, 1.807) is 12.3 Å². The lowest BCUT2D eigenvalue weighted by Gasteiger charge is -2.20. The Labute approximate surface area is 111 Å². The van der Waals surface area contributed by atoms with Gasteiger partial charge in [-0.15, -0.1) is 0 Å². The average Bonchev–Trinajstić information content (AvgIpc) is 2.95. The SMILES string of the molecule is N#Cc1ccc(N2CCC(C=O)C2)c2cccnc12. The number of nitrogens with zero attached hydrogens (tertiary/aromatic N) is 3. The molecule has 0 aliphatic carbocycles. The van der Waals surface area contributed by atoms with Crippen molar-refractivity contribution in [3.8, 4) is 6.07 Å². The molecule has 1 saturated heterocycles. The van der Waals surface area contributed by atoms with Crippen LogP contribution in [-0.2, 0) is 4.79 Å². The zero-order chi connectivity index (χ0) is 13.2. The number of hydrogen-bond donors (Lipinski definition) is 0. The Morgan fingerprint density at radius 1 is 1.42 bits per heavy atom. The number of carbonyl (C=O) groups is 1. The van der Waals surface area contributed by atoms with Crippen LogP contribution in [0.4, 0.5) is 5.69 Å². The maximum absolute atomic E-state index is 10.9. The Balaban J connectivity index is 2.11. The van der Waals surface area contributed by atoms with Crippen molar-refractivity contribution in [2.24, 2.45) is 5.92 Å². The summed E-state index contributed by atoms with van der Waals surface area (Å²) in [5, 5.41) is 10.1. The molecule has 2 aromatic rings. The molecular formula is C15H13N3O. The van der Waals surface area contributed by atoms with Crippen molar-refractivity contribution in [2.45, 2.75) is 6.42 Å². The zero-order valence-electron chi connectivity index (χ0n) is 10.4. The summed E-state index contributed by atoms with van der Waals surface area (Å²) in [6.45, 7) is 1.62. The predicted octanol–water partition coefficient (Wildman–Crippen LogP) is 2.13. The van der Waals surface area contributed by atoms with Gasteiger partial charge in [0.15, 0.2) is 0 Å². The van der Waals surface area contributed by atoms with Gasteiger partial charge in [0.25, 0.3) is 0 Å². The highest BCUT2D eigenvalue weighted by atomic mass is 16.1. The van der Waals surface area contributed by atoms with Gasteiger partial charge in [0.2, 0.25) is 0 Å². The highest BCUT2D eigenvalue weighted by Gasteiger charge is 2.23. The van der Waals surface area contributed by atoms with Crippen LogP contribution in [-0.4, -0.2) is 24.4 Å². The summed E-state index contributed by atoms with van der Waals surface area (Å²) >= 11 is 0. The smallest absolute Gasteiger partial charge is 0.124 e. The number of pyridine rings is 1. The standard InChI is InChI=1S/C15H13N3O/c16-8-12-3-4-14(13-2-1-6-17-15(12)13)18-7-5-11(9-18)10-19/h1-4,6,10-11H,5,7,9H2. The molecular weight excluding hydrogens is 238 g/mol. The van der Waals surface area contributed by atoms with Crippen molar-refractivity contribution < 1.29 is 4.79 Å². The van der Waals surface area contributed by atoms with Gasteiger partial charge in [-0.25, -0.2) is 0 Å². The zero-order valence-corrected chi connectivity index (χ0v) is 10.4. The fraction of sp³-hybridized carbons (Fsp3) is 0.267. The second kappa shape index (κ2) is 4.69. The minimum absolute atomic E-state index is 0.113. The first kappa shape index (κ1) is 11.7. The number of anilines is 1. The van der Waals surface area contributed by atoms with Crippen molar-refractivity contribution in [2.75, 3.05) is 18.0 Å². The molecule has 0 spiro atoms. The number of aldehydes is 1. The van der Waals surface area contributed by atoms with Gasteiger partial charge in [0.1, 0.15) is 12.4 Å². The van der Waals surface area contributed by atoms with Gasteiger partial charge in [0.05, 0.1) is 11.1 Å². The van der Waals surface area contributed by atoms with Crippen LogP contribution < -0.4 is 4.90 Å². The summed E-state index contributed by atoms with van der Waals surface area (Å²) in [5.41, 5.74) is 2.38. The summed E-state index contributed by atoms with van der Waals surface area (Å²) in [5.74, 6) is 0.113. The Morgan fingerprint density at radius 3 is 3.05 bits per heavy atom. The molecule has 19 heavy (non-hydrogen) atoms. The number of aromatic nitrogens is 1. The maximum Gasteiger partial charge on any atom is 0.124 e. The van der Waals surface area contributed by atoms with Crippen LogP contribution in [0.1, 0.15) is 12.0 Å². The molecule has 94 valence electrons. The highest BCUT2D eigenvalue weighted by Crippen LogP contribution is 2.31. The minimum Gasteiger partial charge on any atom is -0.370 e. The van der Waals surface area contributed by atoms with Gasteiger partial charge >= 0.3 is 0 Å². The monoisotopic (exact) mass is 251 g/mol. The molecule has 1 fully saturated rings. The second-order valence-corrected chi connectivity index (χ2v) is 4.77. The number of hydrogen-bond acceptors (Lipinski definition) is 4. The first-order valence-electron chi connectivity index (χ1n) is 6.31. The van der Waals surface area contributed by atoms with Crippen molar-refractivity contribution in [1.82, 2.24) is 4.98 Å². The molecule has 2 heterocycles. The molecule has 4 heteroatoms. The molecule has 3 rings (SSSR count). The van der Waals surface area contributed by atoms with Crippen LogP contribution in [0.2, 0.25) is 0 Å². The van der Waals surface area contributed by atoms with Crippen LogP contribution in [0.25, 0.3) is 10.9 Å². The van der Waals surface area contributed by atoms with E-state index in [2.05, 4.69) is 16.0 Å². The fourth-order valence-electron chi connectivity index (χ4n) is 2.64. The topological polar surface area (TPSA) is 57.0 Å². The molecule has 0 N–H and O–H groups in total. The summed E-state index contributed by atoms with van der Waals surface area (Å²) in [4.78, 5) is 17.4. The maximum atomic E-state index is 10.9. The van der Waals surface area contributed by atoms with E-state index in [0.29, 0.717) is 5.56 Å². The first-order chi connectivity index (χ1) is 9.33. The molecule has 0 amide bonds. The van der Waals surface area contributed by atoms with Crippen LogP contribution >= 0.6 is 0 Å². The lowest BCUT2D eigenvalue weighted by molar-refractivity contribution is -0.110. The summed E-state index contributed by atoms with van der Waals surface area (Å²) in [6, 6.07) is 9.78. The van der Waals surface area contributed by atoms with Gasteiger partial charge in [-0.2, -0.15) is 5.26 Å². The number of fused-ring (bicyclic) bond motifs is 1. The lowest BCUT2D eigenvalue weighted by Crippen LogP contribution is -2.20. The summed E-state index contributed by atoms with van der Waals surface area (Å²) in [7, 11) is 0. The van der Waals surface area contributed by atoms with Gasteiger partial charge in [-0.3, -0.25) is 4.98 Å². The Bertz CT molecular complexity index is 675. The number of nitriles is 1. The van der Waals surface area contributed by atoms with Crippen LogP contribution in [0.3, 0.4) is 0 Å². The highest BCUT2D eigenvalue weighted by molar-refractivity contribution is 5.95. The fourth-order valence-corrected chi connectivity index (χ4v) is 2.64. The number of benzene rings is 1. The molecule has 1 aliphatic heterocycles. The Morgan fingerprint density at radius 2 is 2.32 bits per heavy atom. The average molecular weight is 251 g/mol.